The second-order valence-electron chi connectivity index (χ2n) is 6.93. The molecule has 0 radical (unpaired) electrons. The number of hydrogen-bond acceptors (Lipinski definition) is 4. The molecule has 2 aromatic heterocycles. The molecule has 9 heteroatoms. The average Bonchev–Trinajstić information content (AvgIpc) is 3.17. The number of benzene rings is 2. The van der Waals surface area contributed by atoms with Crippen LogP contribution in [0.4, 0.5) is 18.9 Å². The van der Waals surface area contributed by atoms with Crippen molar-refractivity contribution in [1.29, 1.82) is 0 Å². The minimum atomic E-state index is -4.76. The first-order valence-electron chi connectivity index (χ1n) is 9.32. The quantitative estimate of drug-likeness (QED) is 0.499. The summed E-state index contributed by atoms with van der Waals surface area (Å²) in [6.45, 7) is 1.48. The predicted molar refractivity (Wildman–Crippen MR) is 109 cm³/mol. The van der Waals surface area contributed by atoms with E-state index in [-0.39, 0.29) is 23.6 Å². The zero-order valence-corrected chi connectivity index (χ0v) is 16.3. The maximum absolute atomic E-state index is 12.4. The lowest BCUT2D eigenvalue weighted by molar-refractivity contribution is -0.274. The molecule has 0 spiro atoms. The van der Waals surface area contributed by atoms with Crippen molar-refractivity contribution in [2.24, 2.45) is 0 Å². The number of hydrogen-bond donors (Lipinski definition) is 1. The fourth-order valence-electron chi connectivity index (χ4n) is 3.17. The third-order valence-electron chi connectivity index (χ3n) is 4.62. The summed E-state index contributed by atoms with van der Waals surface area (Å²) in [5, 5.41) is 6.76. The molecule has 0 aliphatic carbocycles. The highest BCUT2D eigenvalue weighted by Crippen LogP contribution is 2.28. The van der Waals surface area contributed by atoms with Crippen molar-refractivity contribution in [1.82, 2.24) is 14.6 Å². The highest BCUT2D eigenvalue weighted by molar-refractivity contribution is 5.92. The maximum atomic E-state index is 12.4. The standard InChI is InChI=1S/C22H17F3N4O2/c1-14-10-18(6-7-19(14)31-22(23,24)25)28-21(30)11-15-2-4-16(5-3-15)17-8-9-29-20(12-17)26-13-27-29/h2-10,12-13H,11H2,1H3,(H,28,30). The van der Waals surface area contributed by atoms with Gasteiger partial charge in [-0.3, -0.25) is 4.79 Å². The van der Waals surface area contributed by atoms with Crippen LogP contribution in [-0.2, 0) is 11.2 Å². The highest BCUT2D eigenvalue weighted by atomic mass is 19.4. The van der Waals surface area contributed by atoms with E-state index in [1.165, 1.54) is 31.5 Å². The first-order chi connectivity index (χ1) is 14.8. The first kappa shape index (κ1) is 20.4. The molecule has 0 aliphatic rings. The molecule has 0 bridgehead atoms. The summed E-state index contributed by atoms with van der Waals surface area (Å²) in [6, 6.07) is 15.4. The number of nitrogens with one attached hydrogen (secondary N) is 1. The third-order valence-corrected chi connectivity index (χ3v) is 4.62. The Morgan fingerprint density at radius 3 is 2.55 bits per heavy atom. The molecule has 1 amide bonds. The van der Waals surface area contributed by atoms with Crippen molar-refractivity contribution < 1.29 is 22.7 Å². The molecule has 31 heavy (non-hydrogen) atoms. The van der Waals surface area contributed by atoms with Crippen LogP contribution in [0.15, 0.2) is 67.1 Å². The minimum absolute atomic E-state index is 0.128. The average molecular weight is 426 g/mol. The van der Waals surface area contributed by atoms with Crippen molar-refractivity contribution >= 4 is 17.2 Å². The lowest BCUT2D eigenvalue weighted by Gasteiger charge is -2.13. The molecule has 0 atom stereocenters. The van der Waals surface area contributed by atoms with Crippen LogP contribution >= 0.6 is 0 Å². The highest BCUT2D eigenvalue weighted by Gasteiger charge is 2.31. The van der Waals surface area contributed by atoms with Gasteiger partial charge in [0.15, 0.2) is 5.65 Å². The number of alkyl halides is 3. The maximum Gasteiger partial charge on any atom is 0.573 e. The number of amides is 1. The van der Waals surface area contributed by atoms with Gasteiger partial charge in [0.05, 0.1) is 6.42 Å². The lowest BCUT2D eigenvalue weighted by Crippen LogP contribution is -2.18. The van der Waals surface area contributed by atoms with Crippen molar-refractivity contribution in [3.63, 3.8) is 0 Å². The molecule has 0 saturated heterocycles. The topological polar surface area (TPSA) is 68.5 Å². The van der Waals surface area contributed by atoms with Gasteiger partial charge in [0, 0.05) is 11.9 Å². The number of carbonyl (C=O) groups excluding carboxylic acids is 1. The minimum Gasteiger partial charge on any atom is -0.406 e. The molecular weight excluding hydrogens is 409 g/mol. The number of halogens is 3. The van der Waals surface area contributed by atoms with E-state index < -0.39 is 6.36 Å². The molecule has 0 aliphatic heterocycles. The first-order valence-corrected chi connectivity index (χ1v) is 9.32. The van der Waals surface area contributed by atoms with Crippen molar-refractivity contribution in [3.8, 4) is 16.9 Å². The number of aryl methyl sites for hydroxylation is 1. The molecule has 158 valence electrons. The number of pyridine rings is 1. The van der Waals surface area contributed by atoms with Gasteiger partial charge in [-0.1, -0.05) is 24.3 Å². The normalized spacial score (nSPS) is 11.5. The summed E-state index contributed by atoms with van der Waals surface area (Å²) in [4.78, 5) is 16.5. The van der Waals surface area contributed by atoms with Crippen LogP contribution in [0.25, 0.3) is 16.8 Å². The number of aromatic nitrogens is 3. The molecule has 4 rings (SSSR count). The number of ether oxygens (including phenoxy) is 1. The Labute approximate surface area is 175 Å². The van der Waals surface area contributed by atoms with Gasteiger partial charge in [-0.05, 0) is 59.5 Å². The van der Waals surface area contributed by atoms with Crippen LogP contribution in [0.1, 0.15) is 11.1 Å². The van der Waals surface area contributed by atoms with Crippen LogP contribution in [0.3, 0.4) is 0 Å². The van der Waals surface area contributed by atoms with E-state index in [4.69, 9.17) is 0 Å². The van der Waals surface area contributed by atoms with Gasteiger partial charge in [-0.2, -0.15) is 5.10 Å². The number of anilines is 1. The van der Waals surface area contributed by atoms with Gasteiger partial charge < -0.3 is 10.1 Å². The second kappa shape index (κ2) is 8.10. The van der Waals surface area contributed by atoms with Gasteiger partial charge in [-0.25, -0.2) is 9.50 Å². The van der Waals surface area contributed by atoms with E-state index in [9.17, 15) is 18.0 Å². The lowest BCUT2D eigenvalue weighted by atomic mass is 10.0. The van der Waals surface area contributed by atoms with Crippen LogP contribution < -0.4 is 10.1 Å². The van der Waals surface area contributed by atoms with Gasteiger partial charge in [0.1, 0.15) is 12.1 Å². The third kappa shape index (κ3) is 5.00. The van der Waals surface area contributed by atoms with Crippen molar-refractivity contribution in [2.75, 3.05) is 5.32 Å². The van der Waals surface area contributed by atoms with E-state index in [0.29, 0.717) is 5.69 Å². The Morgan fingerprint density at radius 2 is 1.84 bits per heavy atom. The molecule has 2 aromatic carbocycles. The van der Waals surface area contributed by atoms with Gasteiger partial charge >= 0.3 is 6.36 Å². The Morgan fingerprint density at radius 1 is 1.06 bits per heavy atom. The molecule has 0 unspecified atom stereocenters. The SMILES string of the molecule is Cc1cc(NC(=O)Cc2ccc(-c3ccn4ncnc4c3)cc2)ccc1OC(F)(F)F. The van der Waals surface area contributed by atoms with E-state index in [1.54, 1.807) is 4.52 Å². The van der Waals surface area contributed by atoms with E-state index >= 15 is 0 Å². The molecular formula is C22H17F3N4O2. The van der Waals surface area contributed by atoms with Gasteiger partial charge in [-0.15, -0.1) is 13.2 Å². The Hall–Kier alpha value is -3.88. The fourth-order valence-corrected chi connectivity index (χ4v) is 3.17. The summed E-state index contributed by atoms with van der Waals surface area (Å²) < 4.78 is 42.7. The molecule has 4 aromatic rings. The van der Waals surface area contributed by atoms with E-state index in [0.717, 1.165) is 22.3 Å². The van der Waals surface area contributed by atoms with E-state index in [2.05, 4.69) is 20.1 Å². The smallest absolute Gasteiger partial charge is 0.406 e. The van der Waals surface area contributed by atoms with Crippen LogP contribution in [0, 0.1) is 6.92 Å². The molecule has 2 heterocycles. The number of fused-ring (bicyclic) bond motifs is 1. The Kier molecular flexibility index (Phi) is 5.33. The zero-order chi connectivity index (χ0) is 22.0. The largest absolute Gasteiger partial charge is 0.573 e. The monoisotopic (exact) mass is 426 g/mol. The van der Waals surface area contributed by atoms with Gasteiger partial charge in [0.2, 0.25) is 5.91 Å². The summed E-state index contributed by atoms with van der Waals surface area (Å²) >= 11 is 0. The molecule has 1 N–H and O–H groups in total. The Bertz CT molecular complexity index is 1230. The summed E-state index contributed by atoms with van der Waals surface area (Å²) in [5.41, 5.74) is 4.17. The van der Waals surface area contributed by atoms with Gasteiger partial charge in [0.25, 0.3) is 0 Å². The summed E-state index contributed by atoms with van der Waals surface area (Å²) in [7, 11) is 0. The molecule has 6 nitrogen and oxygen atoms in total. The van der Waals surface area contributed by atoms with Crippen LogP contribution in [-0.4, -0.2) is 26.9 Å². The zero-order valence-electron chi connectivity index (χ0n) is 16.3. The second-order valence-corrected chi connectivity index (χ2v) is 6.93. The molecule has 0 fully saturated rings. The Balaban J connectivity index is 1.40. The summed E-state index contributed by atoms with van der Waals surface area (Å²) in [6.07, 6.45) is -1.32. The predicted octanol–water partition coefficient (Wildman–Crippen LogP) is 4.78. The number of nitrogens with zero attached hydrogens (tertiary/aromatic N) is 3. The number of carbonyl (C=O) groups is 1. The van der Waals surface area contributed by atoms with E-state index in [1.807, 2.05) is 42.6 Å². The van der Waals surface area contributed by atoms with Crippen LogP contribution in [0.2, 0.25) is 0 Å². The number of rotatable bonds is 5. The van der Waals surface area contributed by atoms with Crippen molar-refractivity contribution in [2.45, 2.75) is 19.7 Å². The fraction of sp³-hybridized carbons (Fsp3) is 0.136. The van der Waals surface area contributed by atoms with Crippen molar-refractivity contribution in [3.05, 3.63) is 78.2 Å². The summed E-state index contributed by atoms with van der Waals surface area (Å²) in [5.74, 6) is -0.577. The van der Waals surface area contributed by atoms with Crippen LogP contribution in [0.5, 0.6) is 5.75 Å². The molecule has 0 saturated carbocycles.